The van der Waals surface area contributed by atoms with Crippen LogP contribution in [0.2, 0.25) is 0 Å². The van der Waals surface area contributed by atoms with Gasteiger partial charge in [0.25, 0.3) is 0 Å². The molecule has 0 atom stereocenters. The second-order valence-corrected chi connectivity index (χ2v) is 4.81. The quantitative estimate of drug-likeness (QED) is 0.889. The van der Waals surface area contributed by atoms with Gasteiger partial charge in [0.2, 0.25) is 5.91 Å². The topological polar surface area (TPSA) is 89.5 Å². The number of carboxylic acids is 1. The molecule has 0 unspecified atom stereocenters. The van der Waals surface area contributed by atoms with Crippen LogP contribution in [0.4, 0.5) is 5.69 Å². The third-order valence-electron chi connectivity index (χ3n) is 3.51. The second kappa shape index (κ2) is 4.93. The van der Waals surface area contributed by atoms with Gasteiger partial charge in [-0.2, -0.15) is 5.10 Å². The lowest BCUT2D eigenvalue weighted by Crippen LogP contribution is -2.35. The molecule has 7 heteroatoms. The summed E-state index contributed by atoms with van der Waals surface area (Å²) < 4.78 is 0. The van der Waals surface area contributed by atoms with Crippen molar-refractivity contribution in [2.75, 3.05) is 18.6 Å². The molecule has 0 saturated carbocycles. The van der Waals surface area contributed by atoms with Crippen LogP contribution in [0.3, 0.4) is 0 Å². The summed E-state index contributed by atoms with van der Waals surface area (Å²) >= 11 is 0. The maximum Gasteiger partial charge on any atom is 0.353 e. The van der Waals surface area contributed by atoms with E-state index in [0.29, 0.717) is 18.7 Å². The van der Waals surface area contributed by atoms with Crippen molar-refractivity contribution in [2.45, 2.75) is 6.42 Å². The molecular formula is C14H14N4O3. The number of hydrogen-bond acceptors (Lipinski definition) is 4. The Morgan fingerprint density at radius 2 is 2.19 bits per heavy atom. The number of H-pyrrole nitrogens is 1. The first-order valence-corrected chi connectivity index (χ1v) is 6.49. The number of nitrogens with zero attached hydrogens (tertiary/aromatic N) is 3. The first kappa shape index (κ1) is 13.2. The Balaban J connectivity index is 1.92. The van der Waals surface area contributed by atoms with Gasteiger partial charge in [0.15, 0.2) is 0 Å². The summed E-state index contributed by atoms with van der Waals surface area (Å²) in [6, 6.07) is 8.99. The van der Waals surface area contributed by atoms with Gasteiger partial charge < -0.3 is 5.11 Å². The van der Waals surface area contributed by atoms with E-state index in [1.807, 2.05) is 29.3 Å². The summed E-state index contributed by atoms with van der Waals surface area (Å²) in [5.41, 5.74) is 2.27. The first-order chi connectivity index (χ1) is 10.1. The van der Waals surface area contributed by atoms with E-state index < -0.39 is 5.97 Å². The highest BCUT2D eigenvalue weighted by Gasteiger charge is 2.25. The smallest absolute Gasteiger partial charge is 0.353 e. The zero-order valence-electron chi connectivity index (χ0n) is 11.4. The number of aromatic nitrogens is 2. The predicted octanol–water partition coefficient (Wildman–Crippen LogP) is 1.36. The number of carboxylic acid groups (broad SMARTS) is 1. The minimum Gasteiger partial charge on any atom is -0.477 e. The summed E-state index contributed by atoms with van der Waals surface area (Å²) in [5.74, 6) is -0.969. The number of benzene rings is 1. The van der Waals surface area contributed by atoms with Crippen molar-refractivity contribution in [1.29, 1.82) is 0 Å². The first-order valence-electron chi connectivity index (χ1n) is 6.49. The van der Waals surface area contributed by atoms with E-state index in [1.165, 1.54) is 6.07 Å². The average molecular weight is 286 g/mol. The third kappa shape index (κ3) is 2.33. The highest BCUT2D eigenvalue weighted by Crippen LogP contribution is 2.26. The van der Waals surface area contributed by atoms with Gasteiger partial charge in [-0.15, -0.1) is 0 Å². The maximum absolute atomic E-state index is 11.6. The third-order valence-corrected chi connectivity index (χ3v) is 3.51. The molecule has 0 spiro atoms. The number of hydrogen-bond donors (Lipinski definition) is 2. The highest BCUT2D eigenvalue weighted by molar-refractivity contribution is 5.87. The molecule has 1 aromatic carbocycles. The zero-order valence-corrected chi connectivity index (χ0v) is 11.4. The Hall–Kier alpha value is -2.83. The molecule has 3 rings (SSSR count). The number of amides is 1. The van der Waals surface area contributed by atoms with Crippen LogP contribution in [0.15, 0.2) is 30.3 Å². The van der Waals surface area contributed by atoms with Crippen LogP contribution in [-0.2, 0) is 4.79 Å². The number of aromatic amines is 1. The number of hydrazine groups is 1. The van der Waals surface area contributed by atoms with Crippen molar-refractivity contribution >= 4 is 17.6 Å². The number of carbonyl (C=O) groups is 2. The Morgan fingerprint density at radius 1 is 1.38 bits per heavy atom. The Labute approximate surface area is 120 Å². The van der Waals surface area contributed by atoms with Crippen molar-refractivity contribution in [2.24, 2.45) is 0 Å². The average Bonchev–Trinajstić information content (AvgIpc) is 3.08. The van der Waals surface area contributed by atoms with Gasteiger partial charge in [-0.05, 0) is 18.2 Å². The molecule has 1 aliphatic heterocycles. The van der Waals surface area contributed by atoms with E-state index in [4.69, 9.17) is 5.11 Å². The fraction of sp³-hybridized carbons (Fsp3) is 0.214. The Kier molecular flexibility index (Phi) is 3.09. The number of rotatable bonds is 3. The normalized spacial score (nSPS) is 14.8. The lowest BCUT2D eigenvalue weighted by atomic mass is 10.1. The molecule has 1 saturated heterocycles. The fourth-order valence-corrected chi connectivity index (χ4v) is 2.36. The van der Waals surface area contributed by atoms with Crippen LogP contribution >= 0.6 is 0 Å². The molecule has 2 heterocycles. The molecule has 108 valence electrons. The summed E-state index contributed by atoms with van der Waals surface area (Å²) in [5, 5.41) is 18.9. The summed E-state index contributed by atoms with van der Waals surface area (Å²) in [6.45, 7) is 0.639. The molecule has 0 aliphatic carbocycles. The molecule has 0 radical (unpaired) electrons. The van der Waals surface area contributed by atoms with Crippen LogP contribution in [0.1, 0.15) is 16.9 Å². The predicted molar refractivity (Wildman–Crippen MR) is 75.7 cm³/mol. The minimum atomic E-state index is -1.05. The molecule has 1 aliphatic rings. The lowest BCUT2D eigenvalue weighted by Gasteiger charge is -2.26. The van der Waals surface area contributed by atoms with Gasteiger partial charge in [0.05, 0.1) is 11.4 Å². The number of nitrogens with one attached hydrogen (secondary N) is 1. The molecule has 21 heavy (non-hydrogen) atoms. The SMILES string of the molecule is CN1C(=O)CCN1c1cccc(-c2cc(C(=O)O)[nH]n2)c1. The van der Waals surface area contributed by atoms with Gasteiger partial charge in [-0.25, -0.2) is 4.79 Å². The van der Waals surface area contributed by atoms with Crippen LogP contribution in [0.25, 0.3) is 11.3 Å². The monoisotopic (exact) mass is 286 g/mol. The van der Waals surface area contributed by atoms with E-state index in [2.05, 4.69) is 10.2 Å². The summed E-state index contributed by atoms with van der Waals surface area (Å²) in [7, 11) is 1.74. The van der Waals surface area contributed by atoms with Crippen LogP contribution in [0, 0.1) is 0 Å². The highest BCUT2D eigenvalue weighted by atomic mass is 16.4. The van der Waals surface area contributed by atoms with E-state index in [0.717, 1.165) is 11.3 Å². The molecule has 7 nitrogen and oxygen atoms in total. The number of anilines is 1. The van der Waals surface area contributed by atoms with Gasteiger partial charge in [-0.1, -0.05) is 12.1 Å². The van der Waals surface area contributed by atoms with Gasteiger partial charge in [0.1, 0.15) is 5.69 Å². The van der Waals surface area contributed by atoms with Crippen molar-refractivity contribution in [1.82, 2.24) is 15.2 Å². The van der Waals surface area contributed by atoms with Gasteiger partial charge in [-0.3, -0.25) is 19.9 Å². The molecule has 1 fully saturated rings. The zero-order chi connectivity index (χ0) is 15.0. The molecule has 2 aromatic rings. The lowest BCUT2D eigenvalue weighted by molar-refractivity contribution is -0.126. The van der Waals surface area contributed by atoms with Crippen LogP contribution < -0.4 is 5.01 Å². The van der Waals surface area contributed by atoms with Gasteiger partial charge in [0, 0.05) is 25.6 Å². The Morgan fingerprint density at radius 3 is 2.81 bits per heavy atom. The summed E-state index contributed by atoms with van der Waals surface area (Å²) in [4.78, 5) is 22.5. The number of aromatic carboxylic acids is 1. The van der Waals surface area contributed by atoms with Crippen LogP contribution in [0.5, 0.6) is 0 Å². The van der Waals surface area contributed by atoms with Crippen molar-refractivity contribution in [3.63, 3.8) is 0 Å². The molecule has 0 bridgehead atoms. The largest absolute Gasteiger partial charge is 0.477 e. The molecule has 2 N–H and O–H groups in total. The van der Waals surface area contributed by atoms with Crippen molar-refractivity contribution in [3.8, 4) is 11.3 Å². The van der Waals surface area contributed by atoms with Crippen molar-refractivity contribution < 1.29 is 14.7 Å². The molecule has 1 aromatic heterocycles. The van der Waals surface area contributed by atoms with Gasteiger partial charge >= 0.3 is 5.97 Å². The second-order valence-electron chi connectivity index (χ2n) is 4.81. The Bertz CT molecular complexity index is 710. The van der Waals surface area contributed by atoms with Crippen molar-refractivity contribution in [3.05, 3.63) is 36.0 Å². The van der Waals surface area contributed by atoms with Crippen LogP contribution in [-0.4, -0.2) is 45.8 Å². The summed E-state index contributed by atoms with van der Waals surface area (Å²) in [6.07, 6.45) is 0.492. The van der Waals surface area contributed by atoms with E-state index in [1.54, 1.807) is 12.1 Å². The maximum atomic E-state index is 11.6. The molecular weight excluding hydrogens is 272 g/mol. The standard InChI is InChI=1S/C14H14N4O3/c1-17-13(19)5-6-18(17)10-4-2-3-9(7-10)11-8-12(14(20)21)16-15-11/h2-4,7-8H,5-6H2,1H3,(H,15,16)(H,20,21). The number of carbonyl (C=O) groups excluding carboxylic acids is 1. The van der Waals surface area contributed by atoms with E-state index >= 15 is 0 Å². The van der Waals surface area contributed by atoms with E-state index in [9.17, 15) is 9.59 Å². The molecule has 1 amide bonds. The van der Waals surface area contributed by atoms with E-state index in [-0.39, 0.29) is 11.6 Å². The fourth-order valence-electron chi connectivity index (χ4n) is 2.36. The minimum absolute atomic E-state index is 0.0453.